The van der Waals surface area contributed by atoms with Crippen molar-refractivity contribution in [2.24, 2.45) is 5.92 Å². The summed E-state index contributed by atoms with van der Waals surface area (Å²) >= 11 is 0. The molecule has 0 saturated heterocycles. The lowest BCUT2D eigenvalue weighted by molar-refractivity contribution is 0.104. The number of phenolic OH excluding ortho intramolecular Hbond substituents is 2. The molecule has 4 nitrogen and oxygen atoms in total. The van der Waals surface area contributed by atoms with Crippen molar-refractivity contribution in [1.29, 1.82) is 0 Å². The number of hydrogen-bond acceptors (Lipinski definition) is 4. The summed E-state index contributed by atoms with van der Waals surface area (Å²) < 4.78 is 5.81. The van der Waals surface area contributed by atoms with Crippen molar-refractivity contribution < 1.29 is 19.7 Å². The Morgan fingerprint density at radius 1 is 1.17 bits per heavy atom. The summed E-state index contributed by atoms with van der Waals surface area (Å²) in [6.07, 6.45) is 3.72. The number of ether oxygens (including phenoxy) is 1. The number of ketones is 1. The van der Waals surface area contributed by atoms with Gasteiger partial charge in [0.15, 0.2) is 5.78 Å². The molecule has 124 valence electrons. The standard InChI is InChI=1S/C20H20O4/c1-12(2)19-11-16-18(24-19)10-8-15(20(16)23)17(22)9-5-13-3-6-14(21)7-4-13/h3-10,12,19,21,23H,11H2,1-2H3. The van der Waals surface area contributed by atoms with Crippen LogP contribution in [0.25, 0.3) is 6.08 Å². The Morgan fingerprint density at radius 3 is 2.54 bits per heavy atom. The number of allylic oxidation sites excluding steroid dienone is 1. The van der Waals surface area contributed by atoms with Crippen LogP contribution in [0.5, 0.6) is 17.2 Å². The van der Waals surface area contributed by atoms with Gasteiger partial charge >= 0.3 is 0 Å². The molecule has 3 rings (SSSR count). The number of benzene rings is 2. The lowest BCUT2D eigenvalue weighted by atomic mass is 9.98. The summed E-state index contributed by atoms with van der Waals surface area (Å²) in [5.74, 6) is 0.914. The summed E-state index contributed by atoms with van der Waals surface area (Å²) in [6.45, 7) is 4.14. The Morgan fingerprint density at radius 2 is 1.88 bits per heavy atom. The first-order valence-corrected chi connectivity index (χ1v) is 7.98. The third-order valence-corrected chi connectivity index (χ3v) is 4.25. The fourth-order valence-electron chi connectivity index (χ4n) is 2.75. The first-order chi connectivity index (χ1) is 11.5. The molecule has 0 amide bonds. The molecule has 2 aromatic rings. The highest BCUT2D eigenvalue weighted by Crippen LogP contribution is 2.39. The molecule has 1 atom stereocenters. The van der Waals surface area contributed by atoms with Gasteiger partial charge in [0.25, 0.3) is 0 Å². The van der Waals surface area contributed by atoms with Crippen molar-refractivity contribution in [1.82, 2.24) is 0 Å². The van der Waals surface area contributed by atoms with Crippen molar-refractivity contribution in [2.45, 2.75) is 26.4 Å². The summed E-state index contributed by atoms with van der Waals surface area (Å²) in [5.41, 5.74) is 1.78. The van der Waals surface area contributed by atoms with Gasteiger partial charge < -0.3 is 14.9 Å². The van der Waals surface area contributed by atoms with Gasteiger partial charge in [0.1, 0.15) is 23.4 Å². The van der Waals surface area contributed by atoms with Crippen LogP contribution in [-0.2, 0) is 6.42 Å². The second kappa shape index (κ2) is 6.40. The molecule has 0 aliphatic carbocycles. The Balaban J connectivity index is 1.82. The van der Waals surface area contributed by atoms with Crippen LogP contribution in [0.4, 0.5) is 0 Å². The molecule has 1 aliphatic rings. The number of rotatable bonds is 4. The summed E-state index contributed by atoms with van der Waals surface area (Å²) in [7, 11) is 0. The maximum atomic E-state index is 12.4. The van der Waals surface area contributed by atoms with Gasteiger partial charge in [0.2, 0.25) is 0 Å². The number of hydrogen-bond donors (Lipinski definition) is 2. The summed E-state index contributed by atoms with van der Waals surface area (Å²) in [5, 5.41) is 19.7. The van der Waals surface area contributed by atoms with Crippen LogP contribution >= 0.6 is 0 Å². The fourth-order valence-corrected chi connectivity index (χ4v) is 2.75. The highest BCUT2D eigenvalue weighted by molar-refractivity contribution is 6.09. The van der Waals surface area contributed by atoms with Crippen LogP contribution in [0.15, 0.2) is 42.5 Å². The fraction of sp³-hybridized carbons (Fsp3) is 0.250. The van der Waals surface area contributed by atoms with Gasteiger partial charge in [-0.1, -0.05) is 32.1 Å². The van der Waals surface area contributed by atoms with Crippen LogP contribution < -0.4 is 4.74 Å². The van der Waals surface area contributed by atoms with Crippen molar-refractivity contribution >= 4 is 11.9 Å². The van der Waals surface area contributed by atoms with Crippen molar-refractivity contribution in [3.8, 4) is 17.2 Å². The van der Waals surface area contributed by atoms with Gasteiger partial charge in [-0.3, -0.25) is 4.79 Å². The van der Waals surface area contributed by atoms with Crippen molar-refractivity contribution in [3.63, 3.8) is 0 Å². The van der Waals surface area contributed by atoms with Crippen LogP contribution in [0.2, 0.25) is 0 Å². The SMILES string of the molecule is CC(C)C1Cc2c(ccc(C(=O)C=Cc3ccc(O)cc3)c2O)O1. The molecular formula is C20H20O4. The van der Waals surface area contributed by atoms with E-state index < -0.39 is 0 Å². The lowest BCUT2D eigenvalue weighted by Crippen LogP contribution is -2.19. The van der Waals surface area contributed by atoms with E-state index in [1.165, 1.54) is 6.08 Å². The van der Waals surface area contributed by atoms with E-state index in [1.54, 1.807) is 42.5 Å². The second-order valence-electron chi connectivity index (χ2n) is 6.33. The minimum absolute atomic E-state index is 0.0102. The molecule has 2 aromatic carbocycles. The van der Waals surface area contributed by atoms with Crippen molar-refractivity contribution in [2.75, 3.05) is 0 Å². The van der Waals surface area contributed by atoms with E-state index in [2.05, 4.69) is 13.8 Å². The smallest absolute Gasteiger partial charge is 0.189 e. The maximum Gasteiger partial charge on any atom is 0.189 e. The molecule has 4 heteroatoms. The van der Waals surface area contributed by atoms with E-state index >= 15 is 0 Å². The van der Waals surface area contributed by atoms with E-state index in [0.29, 0.717) is 23.7 Å². The molecule has 2 N–H and O–H groups in total. The number of phenols is 2. The molecule has 0 fully saturated rings. The topological polar surface area (TPSA) is 66.8 Å². The molecule has 24 heavy (non-hydrogen) atoms. The van der Waals surface area contributed by atoms with Gasteiger partial charge in [-0.05, 0) is 41.8 Å². The highest BCUT2D eigenvalue weighted by Gasteiger charge is 2.29. The number of fused-ring (bicyclic) bond motifs is 1. The Bertz CT molecular complexity index is 788. The predicted octanol–water partition coefficient (Wildman–Crippen LogP) is 3.95. The van der Waals surface area contributed by atoms with E-state index in [4.69, 9.17) is 4.74 Å². The number of carbonyl (C=O) groups is 1. The molecule has 1 aliphatic heterocycles. The molecule has 1 heterocycles. The quantitative estimate of drug-likeness (QED) is 0.660. The van der Waals surface area contributed by atoms with Crippen LogP contribution in [-0.4, -0.2) is 22.1 Å². The zero-order valence-corrected chi connectivity index (χ0v) is 13.7. The first kappa shape index (κ1) is 16.1. The third-order valence-electron chi connectivity index (χ3n) is 4.25. The Kier molecular flexibility index (Phi) is 4.30. The minimum Gasteiger partial charge on any atom is -0.508 e. The molecule has 0 aromatic heterocycles. The molecular weight excluding hydrogens is 304 g/mol. The molecule has 0 bridgehead atoms. The lowest BCUT2D eigenvalue weighted by Gasteiger charge is -2.13. The third kappa shape index (κ3) is 3.13. The van der Waals surface area contributed by atoms with E-state index in [1.807, 2.05) is 0 Å². The van der Waals surface area contributed by atoms with Crippen molar-refractivity contribution in [3.05, 3.63) is 59.2 Å². The van der Waals surface area contributed by atoms with Gasteiger partial charge in [-0.25, -0.2) is 0 Å². The summed E-state index contributed by atoms with van der Waals surface area (Å²) in [4.78, 5) is 12.4. The average molecular weight is 324 g/mol. The van der Waals surface area contributed by atoms with Gasteiger partial charge in [0, 0.05) is 12.0 Å². The maximum absolute atomic E-state index is 12.4. The molecule has 0 radical (unpaired) electrons. The van der Waals surface area contributed by atoms with Gasteiger partial charge in [-0.15, -0.1) is 0 Å². The van der Waals surface area contributed by atoms with Crippen LogP contribution in [0.3, 0.4) is 0 Å². The van der Waals surface area contributed by atoms with E-state index in [0.717, 1.165) is 5.56 Å². The summed E-state index contributed by atoms with van der Waals surface area (Å²) in [6, 6.07) is 9.88. The molecule has 1 unspecified atom stereocenters. The number of aromatic hydroxyl groups is 2. The van der Waals surface area contributed by atoms with E-state index in [9.17, 15) is 15.0 Å². The van der Waals surface area contributed by atoms with Gasteiger partial charge in [-0.2, -0.15) is 0 Å². The van der Waals surface area contributed by atoms with Crippen LogP contribution in [0, 0.1) is 5.92 Å². The zero-order valence-electron chi connectivity index (χ0n) is 13.7. The monoisotopic (exact) mass is 324 g/mol. The van der Waals surface area contributed by atoms with Gasteiger partial charge in [0.05, 0.1) is 5.56 Å². The average Bonchev–Trinajstić information content (AvgIpc) is 3.00. The van der Waals surface area contributed by atoms with E-state index in [-0.39, 0.29) is 28.9 Å². The normalized spacial score (nSPS) is 16.4. The first-order valence-electron chi connectivity index (χ1n) is 7.98. The minimum atomic E-state index is -0.267. The Hall–Kier alpha value is -2.75. The van der Waals surface area contributed by atoms with Crippen LogP contribution in [0.1, 0.15) is 35.3 Å². The predicted molar refractivity (Wildman–Crippen MR) is 92.5 cm³/mol. The zero-order chi connectivity index (χ0) is 17.3. The Labute approximate surface area is 141 Å². The number of carbonyl (C=O) groups excluding carboxylic acids is 1. The largest absolute Gasteiger partial charge is 0.508 e. The molecule has 0 saturated carbocycles. The molecule has 0 spiro atoms. The second-order valence-corrected chi connectivity index (χ2v) is 6.33. The highest BCUT2D eigenvalue weighted by atomic mass is 16.5.